The molecule has 1 aliphatic heterocycles. The molecule has 2 aromatic carbocycles. The molecule has 2 aromatic heterocycles. The SMILES string of the molecule is NCCCN(c1cc2c(c(-c3cc4ccccc4s3)c1)CN=C2)c1ccnc(N)n1. The fourth-order valence-electron chi connectivity index (χ4n) is 3.84. The van der Waals surface area contributed by atoms with Gasteiger partial charge >= 0.3 is 0 Å². The van der Waals surface area contributed by atoms with Gasteiger partial charge < -0.3 is 16.4 Å². The highest BCUT2D eigenvalue weighted by molar-refractivity contribution is 7.22. The number of rotatable bonds is 6. The molecule has 0 atom stereocenters. The first-order valence-electron chi connectivity index (χ1n) is 9.95. The highest BCUT2D eigenvalue weighted by atomic mass is 32.1. The molecular formula is C23H22N6S. The third-order valence-electron chi connectivity index (χ3n) is 5.27. The van der Waals surface area contributed by atoms with E-state index in [0.717, 1.165) is 30.0 Å². The molecule has 0 radical (unpaired) electrons. The zero-order chi connectivity index (χ0) is 20.5. The number of hydrogen-bond acceptors (Lipinski definition) is 7. The highest BCUT2D eigenvalue weighted by Gasteiger charge is 2.20. The Bertz CT molecular complexity index is 1210. The van der Waals surface area contributed by atoms with Crippen LogP contribution in [0, 0.1) is 0 Å². The standard InChI is InChI=1S/C23H22N6S/c24-7-3-9-29(22-6-8-27-23(25)28-22)17-10-16-13-26-14-19(16)18(12-17)21-11-15-4-1-2-5-20(15)30-21/h1-2,4-6,8,10-13H,3,7,9,14,24H2,(H2,25,27,28). The predicted octanol–water partition coefficient (Wildman–Crippen LogP) is 4.36. The lowest BCUT2D eigenvalue weighted by atomic mass is 9.99. The summed E-state index contributed by atoms with van der Waals surface area (Å²) in [6.07, 6.45) is 4.49. The van der Waals surface area contributed by atoms with Gasteiger partial charge in [-0.05, 0) is 59.8 Å². The molecule has 6 nitrogen and oxygen atoms in total. The Balaban J connectivity index is 1.66. The maximum atomic E-state index is 5.86. The average molecular weight is 415 g/mol. The summed E-state index contributed by atoms with van der Waals surface area (Å²) in [7, 11) is 0. The number of aromatic nitrogens is 2. The van der Waals surface area contributed by atoms with Crippen LogP contribution in [0.1, 0.15) is 17.5 Å². The van der Waals surface area contributed by atoms with Crippen LogP contribution in [-0.4, -0.2) is 29.3 Å². The van der Waals surface area contributed by atoms with Gasteiger partial charge in [-0.3, -0.25) is 4.99 Å². The maximum absolute atomic E-state index is 5.86. The van der Waals surface area contributed by atoms with Crippen molar-refractivity contribution in [1.29, 1.82) is 0 Å². The van der Waals surface area contributed by atoms with Gasteiger partial charge in [-0.2, -0.15) is 4.98 Å². The molecule has 0 fully saturated rings. The summed E-state index contributed by atoms with van der Waals surface area (Å²) < 4.78 is 1.29. The lowest BCUT2D eigenvalue weighted by Gasteiger charge is -2.25. The van der Waals surface area contributed by atoms with Gasteiger partial charge in [-0.15, -0.1) is 11.3 Å². The molecule has 1 aliphatic rings. The van der Waals surface area contributed by atoms with Crippen molar-refractivity contribution in [3.63, 3.8) is 0 Å². The highest BCUT2D eigenvalue weighted by Crippen LogP contribution is 2.40. The molecular weight excluding hydrogens is 392 g/mol. The van der Waals surface area contributed by atoms with Gasteiger partial charge in [0.25, 0.3) is 0 Å². The second-order valence-corrected chi connectivity index (χ2v) is 8.33. The van der Waals surface area contributed by atoms with E-state index in [9.17, 15) is 0 Å². The molecule has 0 saturated heterocycles. The Morgan fingerprint density at radius 1 is 1.10 bits per heavy atom. The van der Waals surface area contributed by atoms with Crippen LogP contribution in [0.4, 0.5) is 17.5 Å². The van der Waals surface area contributed by atoms with Crippen LogP contribution in [0.15, 0.2) is 59.7 Å². The van der Waals surface area contributed by atoms with Gasteiger partial charge in [0.1, 0.15) is 5.82 Å². The lowest BCUT2D eigenvalue weighted by molar-refractivity contribution is 0.809. The van der Waals surface area contributed by atoms with Crippen molar-refractivity contribution >= 4 is 45.1 Å². The Labute approximate surface area is 178 Å². The Morgan fingerprint density at radius 3 is 2.83 bits per heavy atom. The number of thiophene rings is 1. The number of aliphatic imine (C=N–C) groups is 1. The molecule has 0 saturated carbocycles. The van der Waals surface area contributed by atoms with E-state index in [0.29, 0.717) is 13.1 Å². The molecule has 30 heavy (non-hydrogen) atoms. The van der Waals surface area contributed by atoms with E-state index in [4.69, 9.17) is 11.5 Å². The number of nitrogens with zero attached hydrogens (tertiary/aromatic N) is 4. The number of fused-ring (bicyclic) bond motifs is 2. The fraction of sp³-hybridized carbons (Fsp3) is 0.174. The largest absolute Gasteiger partial charge is 0.368 e. The molecule has 0 spiro atoms. The van der Waals surface area contributed by atoms with Crippen LogP contribution in [0.2, 0.25) is 0 Å². The van der Waals surface area contributed by atoms with E-state index in [1.165, 1.54) is 26.1 Å². The molecule has 150 valence electrons. The van der Waals surface area contributed by atoms with Crippen molar-refractivity contribution in [2.45, 2.75) is 13.0 Å². The monoisotopic (exact) mass is 414 g/mol. The first-order valence-corrected chi connectivity index (χ1v) is 10.8. The van der Waals surface area contributed by atoms with Crippen LogP contribution in [0.3, 0.4) is 0 Å². The van der Waals surface area contributed by atoms with E-state index in [-0.39, 0.29) is 5.95 Å². The number of benzene rings is 2. The molecule has 3 heterocycles. The number of hydrogen-bond donors (Lipinski definition) is 2. The Morgan fingerprint density at radius 2 is 2.00 bits per heavy atom. The first kappa shape index (κ1) is 18.7. The second-order valence-electron chi connectivity index (χ2n) is 7.25. The van der Waals surface area contributed by atoms with Crippen molar-refractivity contribution in [2.24, 2.45) is 10.7 Å². The fourth-order valence-corrected chi connectivity index (χ4v) is 4.94. The number of nitrogens with two attached hydrogens (primary N) is 2. The minimum absolute atomic E-state index is 0.262. The van der Waals surface area contributed by atoms with E-state index in [1.807, 2.05) is 23.6 Å². The third kappa shape index (κ3) is 3.42. The van der Waals surface area contributed by atoms with E-state index >= 15 is 0 Å². The summed E-state index contributed by atoms with van der Waals surface area (Å²) in [6, 6.07) is 17.1. The topological polar surface area (TPSA) is 93.4 Å². The van der Waals surface area contributed by atoms with Crippen LogP contribution in [0.5, 0.6) is 0 Å². The lowest BCUT2D eigenvalue weighted by Crippen LogP contribution is -2.22. The van der Waals surface area contributed by atoms with Gasteiger partial charge in [0, 0.05) is 39.8 Å². The van der Waals surface area contributed by atoms with Gasteiger partial charge in [0.2, 0.25) is 5.95 Å². The van der Waals surface area contributed by atoms with Gasteiger partial charge in [0.05, 0.1) is 6.54 Å². The summed E-state index contributed by atoms with van der Waals surface area (Å²) in [4.78, 5) is 16.4. The van der Waals surface area contributed by atoms with Crippen LogP contribution in [-0.2, 0) is 6.54 Å². The molecule has 4 aromatic rings. The quantitative estimate of drug-likeness (QED) is 0.489. The van der Waals surface area contributed by atoms with Gasteiger partial charge in [0.15, 0.2) is 0 Å². The van der Waals surface area contributed by atoms with Gasteiger partial charge in [-0.1, -0.05) is 18.2 Å². The summed E-state index contributed by atoms with van der Waals surface area (Å²) in [5.74, 6) is 1.03. The number of anilines is 3. The number of nitrogen functional groups attached to an aromatic ring is 1. The molecule has 0 amide bonds. The molecule has 0 aliphatic carbocycles. The Kier molecular flexibility index (Phi) is 4.90. The van der Waals surface area contributed by atoms with Crippen molar-refractivity contribution in [1.82, 2.24) is 9.97 Å². The third-order valence-corrected chi connectivity index (χ3v) is 6.42. The minimum Gasteiger partial charge on any atom is -0.368 e. The zero-order valence-corrected chi connectivity index (χ0v) is 17.3. The predicted molar refractivity (Wildman–Crippen MR) is 126 cm³/mol. The second kappa shape index (κ2) is 7.85. The summed E-state index contributed by atoms with van der Waals surface area (Å²) >= 11 is 1.81. The van der Waals surface area contributed by atoms with Crippen LogP contribution in [0.25, 0.3) is 20.5 Å². The minimum atomic E-state index is 0.262. The van der Waals surface area contributed by atoms with Crippen molar-refractivity contribution < 1.29 is 0 Å². The maximum Gasteiger partial charge on any atom is 0.221 e. The van der Waals surface area contributed by atoms with Crippen molar-refractivity contribution in [3.8, 4) is 10.4 Å². The average Bonchev–Trinajstić information content (AvgIpc) is 3.40. The normalized spacial score (nSPS) is 12.4. The van der Waals surface area contributed by atoms with Crippen LogP contribution < -0.4 is 16.4 Å². The molecule has 7 heteroatoms. The summed E-state index contributed by atoms with van der Waals surface area (Å²) in [5.41, 5.74) is 16.4. The van der Waals surface area contributed by atoms with E-state index in [1.54, 1.807) is 6.20 Å². The molecule has 0 bridgehead atoms. The first-order chi connectivity index (χ1) is 14.7. The van der Waals surface area contributed by atoms with Crippen molar-refractivity contribution in [2.75, 3.05) is 23.7 Å². The summed E-state index contributed by atoms with van der Waals surface area (Å²) in [5, 5.41) is 1.26. The van der Waals surface area contributed by atoms with Gasteiger partial charge in [-0.25, -0.2) is 4.98 Å². The molecule has 5 rings (SSSR count). The summed E-state index contributed by atoms with van der Waals surface area (Å²) in [6.45, 7) is 2.06. The van der Waals surface area contributed by atoms with E-state index < -0.39 is 0 Å². The van der Waals surface area contributed by atoms with E-state index in [2.05, 4.69) is 62.3 Å². The molecule has 0 unspecified atom stereocenters. The Hall–Kier alpha value is -3.29. The van der Waals surface area contributed by atoms with Crippen LogP contribution >= 0.6 is 11.3 Å². The van der Waals surface area contributed by atoms with Crippen molar-refractivity contribution in [3.05, 3.63) is 65.9 Å². The smallest absolute Gasteiger partial charge is 0.221 e. The zero-order valence-electron chi connectivity index (χ0n) is 16.5. The molecule has 4 N–H and O–H groups in total.